The number of hydrogen-bond acceptors (Lipinski definition) is 4. The number of aromatic hydroxyl groups is 1. The lowest BCUT2D eigenvalue weighted by Gasteiger charge is -2.32. The van der Waals surface area contributed by atoms with Gasteiger partial charge in [0.1, 0.15) is 5.75 Å². The van der Waals surface area contributed by atoms with Crippen molar-refractivity contribution in [3.05, 3.63) is 54.1 Å². The number of benzene rings is 2. The van der Waals surface area contributed by atoms with Crippen molar-refractivity contribution < 1.29 is 9.90 Å². The lowest BCUT2D eigenvalue weighted by atomic mass is 9.96. The molecule has 6 heteroatoms. The van der Waals surface area contributed by atoms with Crippen LogP contribution in [0.3, 0.4) is 0 Å². The van der Waals surface area contributed by atoms with E-state index >= 15 is 0 Å². The second-order valence-corrected chi connectivity index (χ2v) is 7.43. The number of fused-ring (bicyclic) bond motifs is 1. The highest BCUT2D eigenvalue weighted by Crippen LogP contribution is 2.26. The Morgan fingerprint density at radius 1 is 1.14 bits per heavy atom. The van der Waals surface area contributed by atoms with Crippen LogP contribution in [0.4, 0.5) is 5.95 Å². The van der Waals surface area contributed by atoms with E-state index in [9.17, 15) is 9.90 Å². The number of piperidine rings is 1. The maximum Gasteiger partial charge on any atom is 0.223 e. The van der Waals surface area contributed by atoms with Crippen molar-refractivity contribution in [3.8, 4) is 5.75 Å². The standard InChI is InChI=1S/C22H26N4O2/c1-25-20-5-3-2-4-19(20)24-22(25)26-14-11-17(12-15-26)21(28)23-13-10-16-6-8-18(27)9-7-16/h2-9,17,27H,10-15H2,1H3,(H,23,28). The number of para-hydroxylation sites is 2. The molecule has 0 radical (unpaired) electrons. The van der Waals surface area contributed by atoms with E-state index in [1.165, 1.54) is 0 Å². The van der Waals surface area contributed by atoms with Gasteiger partial charge >= 0.3 is 0 Å². The Kier molecular flexibility index (Phi) is 5.19. The molecule has 1 saturated heterocycles. The number of phenolic OH excluding ortho intramolecular Hbond substituents is 1. The molecule has 0 saturated carbocycles. The molecule has 1 amide bonds. The van der Waals surface area contributed by atoms with Gasteiger partial charge in [0.25, 0.3) is 0 Å². The van der Waals surface area contributed by atoms with Gasteiger partial charge < -0.3 is 19.9 Å². The van der Waals surface area contributed by atoms with E-state index in [1.54, 1.807) is 12.1 Å². The predicted molar refractivity (Wildman–Crippen MR) is 110 cm³/mol. The first kappa shape index (κ1) is 18.3. The van der Waals surface area contributed by atoms with Gasteiger partial charge in [-0.15, -0.1) is 0 Å². The second kappa shape index (κ2) is 7.92. The highest BCUT2D eigenvalue weighted by atomic mass is 16.3. The molecule has 2 aromatic carbocycles. The third-order valence-corrected chi connectivity index (χ3v) is 5.56. The number of amides is 1. The van der Waals surface area contributed by atoms with Gasteiger partial charge in [-0.1, -0.05) is 24.3 Å². The van der Waals surface area contributed by atoms with E-state index in [0.717, 1.165) is 54.9 Å². The van der Waals surface area contributed by atoms with E-state index in [2.05, 4.69) is 20.9 Å². The van der Waals surface area contributed by atoms with Gasteiger partial charge in [0.15, 0.2) is 0 Å². The zero-order chi connectivity index (χ0) is 19.5. The van der Waals surface area contributed by atoms with Crippen LogP contribution in [0, 0.1) is 5.92 Å². The highest BCUT2D eigenvalue weighted by molar-refractivity contribution is 5.80. The molecular weight excluding hydrogens is 352 g/mol. The number of nitrogens with one attached hydrogen (secondary N) is 1. The zero-order valence-corrected chi connectivity index (χ0v) is 16.1. The van der Waals surface area contributed by atoms with Gasteiger partial charge in [0.2, 0.25) is 11.9 Å². The van der Waals surface area contributed by atoms with Crippen molar-refractivity contribution in [3.63, 3.8) is 0 Å². The van der Waals surface area contributed by atoms with Crippen LogP contribution >= 0.6 is 0 Å². The van der Waals surface area contributed by atoms with Crippen LogP contribution in [0.25, 0.3) is 11.0 Å². The summed E-state index contributed by atoms with van der Waals surface area (Å²) in [6.07, 6.45) is 2.45. The number of rotatable bonds is 5. The summed E-state index contributed by atoms with van der Waals surface area (Å²) in [5.41, 5.74) is 3.25. The van der Waals surface area contributed by atoms with Crippen LogP contribution in [0.5, 0.6) is 5.75 Å². The van der Waals surface area contributed by atoms with Gasteiger partial charge in [0, 0.05) is 32.6 Å². The fraction of sp³-hybridized carbons (Fsp3) is 0.364. The zero-order valence-electron chi connectivity index (χ0n) is 16.1. The summed E-state index contributed by atoms with van der Waals surface area (Å²) in [5, 5.41) is 12.4. The number of imidazole rings is 1. The number of carbonyl (C=O) groups excluding carboxylic acids is 1. The van der Waals surface area contributed by atoms with Crippen LogP contribution in [0.1, 0.15) is 18.4 Å². The summed E-state index contributed by atoms with van der Waals surface area (Å²) in [7, 11) is 2.05. The summed E-state index contributed by atoms with van der Waals surface area (Å²) >= 11 is 0. The first-order valence-corrected chi connectivity index (χ1v) is 9.84. The molecule has 0 bridgehead atoms. The Bertz CT molecular complexity index is 956. The van der Waals surface area contributed by atoms with Crippen molar-refractivity contribution in [2.75, 3.05) is 24.5 Å². The average Bonchev–Trinajstić information content (AvgIpc) is 3.06. The molecule has 6 nitrogen and oxygen atoms in total. The average molecular weight is 378 g/mol. The normalized spacial score (nSPS) is 15.1. The number of aryl methyl sites for hydroxylation is 1. The van der Waals surface area contributed by atoms with Crippen LogP contribution in [-0.2, 0) is 18.3 Å². The lowest BCUT2D eigenvalue weighted by molar-refractivity contribution is -0.125. The van der Waals surface area contributed by atoms with E-state index in [4.69, 9.17) is 4.98 Å². The van der Waals surface area contributed by atoms with E-state index < -0.39 is 0 Å². The second-order valence-electron chi connectivity index (χ2n) is 7.43. The van der Waals surface area contributed by atoms with Crippen LogP contribution in [0.2, 0.25) is 0 Å². The van der Waals surface area contributed by atoms with Crippen LogP contribution in [0.15, 0.2) is 48.5 Å². The summed E-state index contributed by atoms with van der Waals surface area (Å²) in [6, 6.07) is 15.3. The number of nitrogens with zero attached hydrogens (tertiary/aromatic N) is 3. The molecule has 146 valence electrons. The molecule has 2 heterocycles. The van der Waals surface area contributed by atoms with Gasteiger partial charge in [-0.25, -0.2) is 4.98 Å². The Labute approximate surface area is 164 Å². The number of phenols is 1. The SMILES string of the molecule is Cn1c(N2CCC(C(=O)NCCc3ccc(O)cc3)CC2)nc2ccccc21. The minimum Gasteiger partial charge on any atom is -0.508 e. The van der Waals surface area contributed by atoms with E-state index in [0.29, 0.717) is 6.54 Å². The monoisotopic (exact) mass is 378 g/mol. The molecule has 0 atom stereocenters. The Hall–Kier alpha value is -3.02. The molecule has 0 aliphatic carbocycles. The highest BCUT2D eigenvalue weighted by Gasteiger charge is 2.26. The minimum atomic E-state index is 0.0609. The number of anilines is 1. The maximum atomic E-state index is 12.5. The summed E-state index contributed by atoms with van der Waals surface area (Å²) < 4.78 is 2.13. The Balaban J connectivity index is 1.29. The van der Waals surface area contributed by atoms with Crippen LogP contribution in [-0.4, -0.2) is 40.2 Å². The summed E-state index contributed by atoms with van der Waals surface area (Å²) in [5.74, 6) is 1.45. The largest absolute Gasteiger partial charge is 0.508 e. The van der Waals surface area contributed by atoms with E-state index in [1.807, 2.05) is 37.4 Å². The van der Waals surface area contributed by atoms with Crippen molar-refractivity contribution in [2.45, 2.75) is 19.3 Å². The summed E-state index contributed by atoms with van der Waals surface area (Å²) in [4.78, 5) is 19.5. The molecule has 2 N–H and O–H groups in total. The number of aromatic nitrogens is 2. The van der Waals surface area contributed by atoms with Crippen molar-refractivity contribution in [2.24, 2.45) is 13.0 Å². The van der Waals surface area contributed by atoms with Crippen molar-refractivity contribution >= 4 is 22.9 Å². The quantitative estimate of drug-likeness (QED) is 0.716. The van der Waals surface area contributed by atoms with E-state index in [-0.39, 0.29) is 17.6 Å². The molecular formula is C22H26N4O2. The molecule has 28 heavy (non-hydrogen) atoms. The van der Waals surface area contributed by atoms with Gasteiger partial charge in [-0.05, 0) is 49.1 Å². The molecule has 1 fully saturated rings. The molecule has 0 unspecified atom stereocenters. The fourth-order valence-corrected chi connectivity index (χ4v) is 3.89. The molecule has 3 aromatic rings. The first-order chi connectivity index (χ1) is 13.6. The topological polar surface area (TPSA) is 70.4 Å². The number of carbonyl (C=O) groups is 1. The van der Waals surface area contributed by atoms with Gasteiger partial charge in [-0.2, -0.15) is 0 Å². The van der Waals surface area contributed by atoms with Gasteiger partial charge in [0.05, 0.1) is 11.0 Å². The third kappa shape index (κ3) is 3.81. The van der Waals surface area contributed by atoms with Crippen molar-refractivity contribution in [1.82, 2.24) is 14.9 Å². The summed E-state index contributed by atoms with van der Waals surface area (Å²) in [6.45, 7) is 2.30. The van der Waals surface area contributed by atoms with Crippen molar-refractivity contribution in [1.29, 1.82) is 0 Å². The molecule has 0 spiro atoms. The Morgan fingerprint density at radius 2 is 1.86 bits per heavy atom. The molecule has 4 rings (SSSR count). The lowest BCUT2D eigenvalue weighted by Crippen LogP contribution is -2.41. The maximum absolute atomic E-state index is 12.5. The first-order valence-electron chi connectivity index (χ1n) is 9.84. The number of hydrogen-bond donors (Lipinski definition) is 2. The van der Waals surface area contributed by atoms with Gasteiger partial charge in [-0.3, -0.25) is 4.79 Å². The Morgan fingerprint density at radius 3 is 2.57 bits per heavy atom. The predicted octanol–water partition coefficient (Wildman–Crippen LogP) is 2.85. The molecule has 1 aliphatic rings. The molecule has 1 aliphatic heterocycles. The fourth-order valence-electron chi connectivity index (χ4n) is 3.89. The minimum absolute atomic E-state index is 0.0609. The van der Waals surface area contributed by atoms with Crippen LogP contribution < -0.4 is 10.2 Å². The smallest absolute Gasteiger partial charge is 0.223 e. The molecule has 1 aromatic heterocycles. The third-order valence-electron chi connectivity index (χ3n) is 5.56.